The van der Waals surface area contributed by atoms with Crippen molar-refractivity contribution in [3.05, 3.63) is 0 Å². The first-order valence-corrected chi connectivity index (χ1v) is 7.86. The van der Waals surface area contributed by atoms with E-state index in [9.17, 15) is 0 Å². The molecule has 1 heterocycles. The minimum absolute atomic E-state index is 0.727. The summed E-state index contributed by atoms with van der Waals surface area (Å²) in [4.78, 5) is 2.46. The van der Waals surface area contributed by atoms with Gasteiger partial charge in [-0.3, -0.25) is 0 Å². The second-order valence-electron chi connectivity index (χ2n) is 5.38. The van der Waals surface area contributed by atoms with Crippen LogP contribution in [0.3, 0.4) is 0 Å². The lowest BCUT2D eigenvalue weighted by molar-refractivity contribution is 0.145. The van der Waals surface area contributed by atoms with Gasteiger partial charge in [0.25, 0.3) is 0 Å². The van der Waals surface area contributed by atoms with Crippen LogP contribution in [0.25, 0.3) is 0 Å². The molecule has 2 fully saturated rings. The van der Waals surface area contributed by atoms with Crippen molar-refractivity contribution in [2.24, 2.45) is 5.92 Å². The Kier molecular flexibility index (Phi) is 5.70. The zero-order chi connectivity index (χ0) is 12.8. The molecule has 1 aliphatic carbocycles. The summed E-state index contributed by atoms with van der Waals surface area (Å²) in [7, 11) is 0. The normalized spacial score (nSPS) is 27.1. The quantitative estimate of drug-likeness (QED) is 0.613. The van der Waals surface area contributed by atoms with Crippen LogP contribution in [0.1, 0.15) is 45.4 Å². The lowest BCUT2D eigenvalue weighted by atomic mass is 9.92. The van der Waals surface area contributed by atoms with Crippen molar-refractivity contribution >= 4 is 17.3 Å². The summed E-state index contributed by atoms with van der Waals surface area (Å²) in [5.74, 6) is 0.905. The monoisotopic (exact) mass is 270 g/mol. The van der Waals surface area contributed by atoms with E-state index in [-0.39, 0.29) is 0 Å². The van der Waals surface area contributed by atoms with Crippen molar-refractivity contribution < 1.29 is 4.74 Å². The molecule has 0 aromatic carbocycles. The van der Waals surface area contributed by atoms with Crippen LogP contribution in [0.4, 0.5) is 0 Å². The maximum absolute atomic E-state index is 5.55. The first-order valence-electron chi connectivity index (χ1n) is 7.45. The van der Waals surface area contributed by atoms with Crippen molar-refractivity contribution in [2.45, 2.75) is 51.5 Å². The number of nitrogens with one attached hydrogen (secondary N) is 1. The molecule has 1 N–H and O–H groups in total. The molecule has 0 spiro atoms. The molecule has 1 saturated carbocycles. The Bertz CT molecular complexity index is 273. The second-order valence-corrected chi connectivity index (χ2v) is 5.76. The highest BCUT2D eigenvalue weighted by atomic mass is 32.1. The third-order valence-electron chi connectivity index (χ3n) is 4.20. The van der Waals surface area contributed by atoms with Gasteiger partial charge in [0.05, 0.1) is 0 Å². The Labute approximate surface area is 116 Å². The van der Waals surface area contributed by atoms with Crippen LogP contribution in [0.5, 0.6) is 0 Å². The molecule has 0 bridgehead atoms. The van der Waals surface area contributed by atoms with Crippen molar-refractivity contribution in [1.82, 2.24) is 10.2 Å². The molecule has 0 aromatic rings. The SMILES string of the molecule is CCOCCCNC(=S)N1CCCC2CCCC21. The lowest BCUT2D eigenvalue weighted by Crippen LogP contribution is -2.50. The van der Waals surface area contributed by atoms with Crippen LogP contribution in [0.2, 0.25) is 0 Å². The topological polar surface area (TPSA) is 24.5 Å². The molecule has 1 saturated heterocycles. The fraction of sp³-hybridized carbons (Fsp3) is 0.929. The van der Waals surface area contributed by atoms with Gasteiger partial charge in [-0.05, 0) is 57.2 Å². The molecule has 2 atom stereocenters. The molecule has 0 amide bonds. The van der Waals surface area contributed by atoms with E-state index in [0.29, 0.717) is 0 Å². The Balaban J connectivity index is 1.71. The summed E-state index contributed by atoms with van der Waals surface area (Å²) in [5, 5.41) is 4.38. The van der Waals surface area contributed by atoms with Crippen molar-refractivity contribution in [3.63, 3.8) is 0 Å². The number of nitrogens with zero attached hydrogens (tertiary/aromatic N) is 1. The summed E-state index contributed by atoms with van der Waals surface area (Å²) < 4.78 is 5.33. The molecule has 2 aliphatic rings. The lowest BCUT2D eigenvalue weighted by Gasteiger charge is -2.39. The number of rotatable bonds is 5. The fourth-order valence-electron chi connectivity index (χ4n) is 3.32. The first kappa shape index (κ1) is 14.1. The molecular weight excluding hydrogens is 244 g/mol. The number of likely N-dealkylation sites (tertiary alicyclic amines) is 1. The molecule has 1 aliphatic heterocycles. The molecular formula is C14H26N2OS. The Morgan fingerprint density at radius 1 is 1.33 bits per heavy atom. The second kappa shape index (κ2) is 7.29. The van der Waals surface area contributed by atoms with Crippen LogP contribution in [-0.2, 0) is 4.74 Å². The molecule has 3 nitrogen and oxygen atoms in total. The largest absolute Gasteiger partial charge is 0.382 e. The van der Waals surface area contributed by atoms with Gasteiger partial charge in [0.2, 0.25) is 0 Å². The number of hydrogen-bond acceptors (Lipinski definition) is 2. The van der Waals surface area contributed by atoms with E-state index in [2.05, 4.69) is 10.2 Å². The summed E-state index contributed by atoms with van der Waals surface area (Å²) >= 11 is 5.55. The van der Waals surface area contributed by atoms with E-state index in [0.717, 1.165) is 49.8 Å². The van der Waals surface area contributed by atoms with E-state index in [1.54, 1.807) is 0 Å². The Hall–Kier alpha value is -0.350. The van der Waals surface area contributed by atoms with Gasteiger partial charge < -0.3 is 15.0 Å². The smallest absolute Gasteiger partial charge is 0.169 e. The average Bonchev–Trinajstić information content (AvgIpc) is 2.86. The maximum atomic E-state index is 5.55. The van der Waals surface area contributed by atoms with Gasteiger partial charge in [0.1, 0.15) is 0 Å². The number of thiocarbonyl (C=S) groups is 1. The molecule has 18 heavy (non-hydrogen) atoms. The minimum Gasteiger partial charge on any atom is -0.382 e. The van der Waals surface area contributed by atoms with Gasteiger partial charge in [0.15, 0.2) is 5.11 Å². The summed E-state index contributed by atoms with van der Waals surface area (Å²) in [5.41, 5.74) is 0. The number of piperidine rings is 1. The van der Waals surface area contributed by atoms with Gasteiger partial charge in [-0.15, -0.1) is 0 Å². The van der Waals surface area contributed by atoms with Gasteiger partial charge in [0, 0.05) is 32.3 Å². The van der Waals surface area contributed by atoms with Crippen LogP contribution >= 0.6 is 12.2 Å². The molecule has 0 radical (unpaired) electrons. The summed E-state index contributed by atoms with van der Waals surface area (Å²) in [6, 6.07) is 0.727. The minimum atomic E-state index is 0.727. The van der Waals surface area contributed by atoms with Gasteiger partial charge in [-0.2, -0.15) is 0 Å². The molecule has 2 unspecified atom stereocenters. The van der Waals surface area contributed by atoms with E-state index >= 15 is 0 Å². The fourth-order valence-corrected chi connectivity index (χ4v) is 3.65. The standard InChI is InChI=1S/C14H26N2OS/c1-2-17-11-5-9-15-14(18)16-10-4-7-12-6-3-8-13(12)16/h12-13H,2-11H2,1H3,(H,15,18). The van der Waals surface area contributed by atoms with Gasteiger partial charge >= 0.3 is 0 Å². The molecule has 0 aromatic heterocycles. The zero-order valence-corrected chi connectivity index (χ0v) is 12.3. The average molecular weight is 270 g/mol. The number of ether oxygens (including phenoxy) is 1. The Morgan fingerprint density at radius 2 is 2.17 bits per heavy atom. The first-order chi connectivity index (χ1) is 8.83. The molecule has 2 rings (SSSR count). The van der Waals surface area contributed by atoms with E-state index in [4.69, 9.17) is 17.0 Å². The third kappa shape index (κ3) is 3.58. The van der Waals surface area contributed by atoms with Crippen LogP contribution in [0.15, 0.2) is 0 Å². The third-order valence-corrected chi connectivity index (χ3v) is 4.58. The van der Waals surface area contributed by atoms with Crippen molar-refractivity contribution in [2.75, 3.05) is 26.3 Å². The molecule has 104 valence electrons. The Morgan fingerprint density at radius 3 is 3.00 bits per heavy atom. The van der Waals surface area contributed by atoms with Crippen LogP contribution < -0.4 is 5.32 Å². The van der Waals surface area contributed by atoms with Crippen LogP contribution in [0, 0.1) is 5.92 Å². The van der Waals surface area contributed by atoms with Crippen molar-refractivity contribution in [3.8, 4) is 0 Å². The maximum Gasteiger partial charge on any atom is 0.169 e. The highest BCUT2D eigenvalue weighted by Gasteiger charge is 2.35. The predicted molar refractivity (Wildman–Crippen MR) is 78.8 cm³/mol. The van der Waals surface area contributed by atoms with E-state index in [1.807, 2.05) is 6.92 Å². The molecule has 4 heteroatoms. The highest BCUT2D eigenvalue weighted by Crippen LogP contribution is 2.36. The summed E-state index contributed by atoms with van der Waals surface area (Å²) in [6.07, 6.45) is 7.89. The van der Waals surface area contributed by atoms with E-state index < -0.39 is 0 Å². The van der Waals surface area contributed by atoms with Gasteiger partial charge in [-0.25, -0.2) is 0 Å². The highest BCUT2D eigenvalue weighted by molar-refractivity contribution is 7.80. The number of hydrogen-bond donors (Lipinski definition) is 1. The zero-order valence-electron chi connectivity index (χ0n) is 11.5. The van der Waals surface area contributed by atoms with Crippen molar-refractivity contribution in [1.29, 1.82) is 0 Å². The van der Waals surface area contributed by atoms with E-state index in [1.165, 1.54) is 32.1 Å². The predicted octanol–water partition coefficient (Wildman–Crippen LogP) is 2.55. The summed E-state index contributed by atoms with van der Waals surface area (Å²) in [6.45, 7) is 5.76. The van der Waals surface area contributed by atoms with Crippen LogP contribution in [-0.4, -0.2) is 42.4 Å². The van der Waals surface area contributed by atoms with Gasteiger partial charge in [-0.1, -0.05) is 6.42 Å². The number of fused-ring (bicyclic) bond motifs is 1.